The second kappa shape index (κ2) is 9.39. The molecule has 0 spiro atoms. The van der Waals surface area contributed by atoms with Gasteiger partial charge in [-0.1, -0.05) is 24.3 Å². The molecule has 4 aromatic rings. The van der Waals surface area contributed by atoms with E-state index in [1.807, 2.05) is 79.7 Å². The van der Waals surface area contributed by atoms with Gasteiger partial charge in [-0.3, -0.25) is 9.36 Å². The Kier molecular flexibility index (Phi) is 6.22. The van der Waals surface area contributed by atoms with Crippen LogP contribution in [0.1, 0.15) is 18.3 Å². The predicted octanol–water partition coefficient (Wildman–Crippen LogP) is 4.97. The molecule has 0 bridgehead atoms. The lowest BCUT2D eigenvalue weighted by Gasteiger charge is -2.13. The summed E-state index contributed by atoms with van der Waals surface area (Å²) in [4.78, 5) is 18.2. The number of fused-ring (bicyclic) bond motifs is 1. The summed E-state index contributed by atoms with van der Waals surface area (Å²) < 4.78 is 18.0. The number of methoxy groups -OCH3 is 2. The Bertz CT molecular complexity index is 1320. The van der Waals surface area contributed by atoms with E-state index in [0.29, 0.717) is 40.5 Å². The van der Waals surface area contributed by atoms with Crippen molar-refractivity contribution in [3.63, 3.8) is 0 Å². The Morgan fingerprint density at radius 2 is 1.69 bits per heavy atom. The highest BCUT2D eigenvalue weighted by molar-refractivity contribution is 5.80. The standard InChI is InChI=1S/C26H24N2O4/c1-4-32-20-15-13-19(14-16-20)28-24(27-22-10-6-5-9-21(22)26(28)29)17-12-18-8-7-11-23(30-2)25(18)31-3/h5-17H,4H2,1-3H3. The minimum absolute atomic E-state index is 0.142. The first-order chi connectivity index (χ1) is 15.7. The molecule has 0 fully saturated rings. The number of ether oxygens (including phenoxy) is 3. The van der Waals surface area contributed by atoms with Gasteiger partial charge in [0.1, 0.15) is 11.6 Å². The minimum atomic E-state index is -0.142. The molecule has 0 N–H and O–H groups in total. The topological polar surface area (TPSA) is 62.6 Å². The van der Waals surface area contributed by atoms with Crippen molar-refractivity contribution >= 4 is 23.1 Å². The van der Waals surface area contributed by atoms with Crippen LogP contribution < -0.4 is 19.8 Å². The van der Waals surface area contributed by atoms with Crippen molar-refractivity contribution in [1.29, 1.82) is 0 Å². The van der Waals surface area contributed by atoms with Gasteiger partial charge in [0.15, 0.2) is 11.5 Å². The molecule has 0 amide bonds. The monoisotopic (exact) mass is 428 g/mol. The number of para-hydroxylation sites is 2. The summed E-state index contributed by atoms with van der Waals surface area (Å²) >= 11 is 0. The van der Waals surface area contributed by atoms with E-state index in [1.54, 1.807) is 24.9 Å². The molecule has 0 unspecified atom stereocenters. The summed E-state index contributed by atoms with van der Waals surface area (Å²) in [5.74, 6) is 2.49. The van der Waals surface area contributed by atoms with Crippen LogP contribution in [0, 0.1) is 0 Å². The first-order valence-corrected chi connectivity index (χ1v) is 10.3. The van der Waals surface area contributed by atoms with E-state index in [9.17, 15) is 4.79 Å². The van der Waals surface area contributed by atoms with Crippen molar-refractivity contribution < 1.29 is 14.2 Å². The van der Waals surface area contributed by atoms with Crippen LogP contribution in [0.3, 0.4) is 0 Å². The van der Waals surface area contributed by atoms with E-state index in [-0.39, 0.29) is 5.56 Å². The molecule has 1 aromatic heterocycles. The highest BCUT2D eigenvalue weighted by Gasteiger charge is 2.12. The number of hydrogen-bond acceptors (Lipinski definition) is 5. The van der Waals surface area contributed by atoms with Crippen LogP contribution in [0.15, 0.2) is 71.5 Å². The molecular formula is C26H24N2O4. The third kappa shape index (κ3) is 4.07. The van der Waals surface area contributed by atoms with Crippen molar-refractivity contribution in [3.05, 3.63) is 88.5 Å². The Labute approximate surface area is 186 Å². The van der Waals surface area contributed by atoms with Gasteiger partial charge in [-0.05, 0) is 61.5 Å². The van der Waals surface area contributed by atoms with Crippen molar-refractivity contribution in [2.24, 2.45) is 0 Å². The predicted molar refractivity (Wildman–Crippen MR) is 127 cm³/mol. The fourth-order valence-electron chi connectivity index (χ4n) is 3.58. The van der Waals surface area contributed by atoms with Gasteiger partial charge >= 0.3 is 0 Å². The van der Waals surface area contributed by atoms with Crippen molar-refractivity contribution in [2.75, 3.05) is 20.8 Å². The van der Waals surface area contributed by atoms with Crippen molar-refractivity contribution in [1.82, 2.24) is 9.55 Å². The lowest BCUT2D eigenvalue weighted by atomic mass is 10.1. The first kappa shape index (κ1) is 21.2. The molecule has 0 aliphatic carbocycles. The number of rotatable bonds is 7. The summed E-state index contributed by atoms with van der Waals surface area (Å²) in [7, 11) is 3.19. The first-order valence-electron chi connectivity index (χ1n) is 10.3. The van der Waals surface area contributed by atoms with E-state index >= 15 is 0 Å². The fraction of sp³-hybridized carbons (Fsp3) is 0.154. The summed E-state index contributed by atoms with van der Waals surface area (Å²) in [6, 6.07) is 20.4. The molecule has 162 valence electrons. The van der Waals surface area contributed by atoms with Crippen LogP contribution in [-0.4, -0.2) is 30.4 Å². The second-order valence-corrected chi connectivity index (χ2v) is 6.97. The van der Waals surface area contributed by atoms with Crippen LogP contribution in [0.4, 0.5) is 0 Å². The van der Waals surface area contributed by atoms with E-state index in [0.717, 1.165) is 11.3 Å². The molecule has 32 heavy (non-hydrogen) atoms. The Morgan fingerprint density at radius 1 is 0.906 bits per heavy atom. The average Bonchev–Trinajstić information content (AvgIpc) is 2.83. The van der Waals surface area contributed by atoms with Gasteiger partial charge in [0.05, 0.1) is 37.4 Å². The zero-order valence-corrected chi connectivity index (χ0v) is 18.2. The largest absolute Gasteiger partial charge is 0.494 e. The van der Waals surface area contributed by atoms with Crippen LogP contribution in [0.25, 0.3) is 28.7 Å². The molecule has 0 aliphatic rings. The SMILES string of the molecule is CCOc1ccc(-n2c(C=Cc3cccc(OC)c3OC)nc3ccccc3c2=O)cc1. The Morgan fingerprint density at radius 3 is 2.41 bits per heavy atom. The molecule has 0 saturated carbocycles. The van der Waals surface area contributed by atoms with Crippen molar-refractivity contribution in [2.45, 2.75) is 6.92 Å². The van der Waals surface area contributed by atoms with E-state index in [1.165, 1.54) is 0 Å². The van der Waals surface area contributed by atoms with Crippen LogP contribution >= 0.6 is 0 Å². The lowest BCUT2D eigenvalue weighted by Crippen LogP contribution is -2.22. The molecule has 0 radical (unpaired) electrons. The maximum Gasteiger partial charge on any atom is 0.266 e. The van der Waals surface area contributed by atoms with Crippen LogP contribution in [0.5, 0.6) is 17.2 Å². The summed E-state index contributed by atoms with van der Waals surface area (Å²) in [5.41, 5.74) is 2.01. The Hall–Kier alpha value is -4.06. The molecule has 0 saturated heterocycles. The van der Waals surface area contributed by atoms with E-state index in [2.05, 4.69) is 0 Å². The van der Waals surface area contributed by atoms with Crippen molar-refractivity contribution in [3.8, 4) is 22.9 Å². The molecule has 1 heterocycles. The number of aromatic nitrogens is 2. The van der Waals surface area contributed by atoms with Crippen LogP contribution in [-0.2, 0) is 0 Å². The molecule has 0 atom stereocenters. The quantitative estimate of drug-likeness (QED) is 0.416. The maximum atomic E-state index is 13.4. The maximum absolute atomic E-state index is 13.4. The molecule has 6 heteroatoms. The zero-order valence-electron chi connectivity index (χ0n) is 18.2. The number of nitrogens with zero attached hydrogens (tertiary/aromatic N) is 2. The van der Waals surface area contributed by atoms with Crippen LogP contribution in [0.2, 0.25) is 0 Å². The third-order valence-electron chi connectivity index (χ3n) is 5.05. The van der Waals surface area contributed by atoms with Gasteiger partial charge in [-0.25, -0.2) is 4.98 Å². The van der Waals surface area contributed by atoms with Gasteiger partial charge in [0, 0.05) is 5.56 Å². The highest BCUT2D eigenvalue weighted by atomic mass is 16.5. The highest BCUT2D eigenvalue weighted by Crippen LogP contribution is 2.32. The second-order valence-electron chi connectivity index (χ2n) is 6.97. The average molecular weight is 428 g/mol. The van der Waals surface area contributed by atoms with E-state index < -0.39 is 0 Å². The molecule has 6 nitrogen and oxygen atoms in total. The summed E-state index contributed by atoms with van der Waals surface area (Å²) in [6.45, 7) is 2.51. The van der Waals surface area contributed by atoms with Gasteiger partial charge in [-0.15, -0.1) is 0 Å². The van der Waals surface area contributed by atoms with E-state index in [4.69, 9.17) is 19.2 Å². The third-order valence-corrected chi connectivity index (χ3v) is 5.05. The molecule has 4 rings (SSSR count). The molecule has 3 aromatic carbocycles. The summed E-state index contributed by atoms with van der Waals surface area (Å²) in [6.07, 6.45) is 3.67. The fourth-order valence-corrected chi connectivity index (χ4v) is 3.58. The normalized spacial score (nSPS) is 11.1. The molecular weight excluding hydrogens is 404 g/mol. The smallest absolute Gasteiger partial charge is 0.266 e. The molecule has 0 aliphatic heterocycles. The zero-order chi connectivity index (χ0) is 22.5. The number of hydrogen-bond donors (Lipinski definition) is 0. The number of benzene rings is 3. The Balaban J connectivity index is 1.88. The van der Waals surface area contributed by atoms with Gasteiger partial charge in [-0.2, -0.15) is 0 Å². The summed E-state index contributed by atoms with van der Waals surface area (Å²) in [5, 5.41) is 0.553. The minimum Gasteiger partial charge on any atom is -0.494 e. The lowest BCUT2D eigenvalue weighted by molar-refractivity contribution is 0.340. The van der Waals surface area contributed by atoms with Gasteiger partial charge < -0.3 is 14.2 Å². The van der Waals surface area contributed by atoms with Gasteiger partial charge in [0.25, 0.3) is 5.56 Å². The van der Waals surface area contributed by atoms with Gasteiger partial charge in [0.2, 0.25) is 0 Å².